The molecule has 0 fully saturated rings. The van der Waals surface area contributed by atoms with Gasteiger partial charge >= 0.3 is 0 Å². The summed E-state index contributed by atoms with van der Waals surface area (Å²) < 4.78 is 22.1. The van der Waals surface area contributed by atoms with Crippen molar-refractivity contribution in [1.29, 1.82) is 0 Å². The number of allylic oxidation sites excluding steroid dienone is 3. The number of ketones is 1. The first-order valence-electron chi connectivity index (χ1n) is 19.9. The Kier molecular flexibility index (Phi) is 16.4. The minimum Gasteiger partial charge on any atom is -0.412 e. The molecule has 0 N–H and O–H groups in total. The number of hydrogen-bond donors (Lipinski definition) is 0. The fraction of sp³-hybridized carbons (Fsp3) is 0.829. The van der Waals surface area contributed by atoms with Crippen LogP contribution in [0.1, 0.15) is 124 Å². The zero-order valence-corrected chi connectivity index (χ0v) is 37.3. The van der Waals surface area contributed by atoms with E-state index < -0.39 is 30.6 Å². The summed E-state index contributed by atoms with van der Waals surface area (Å²) in [5, 5.41) is 0. The number of carbonyl (C=O) groups is 1. The molecule has 2 rings (SSSR count). The fourth-order valence-electron chi connectivity index (χ4n) is 9.42. The van der Waals surface area contributed by atoms with E-state index in [4.69, 9.17) is 13.3 Å². The summed E-state index contributed by atoms with van der Waals surface area (Å²) in [5.41, 5.74) is 2.64. The monoisotopic (exact) mass is 717 g/mol. The number of Topliss-reactive ketones (excluding diaryl/α,β-unsaturated/α-hetero) is 1. The Bertz CT molecular complexity index is 1130. The average molecular weight is 717 g/mol. The Balaban J connectivity index is 2.92. The molecule has 0 unspecified atom stereocenters. The highest BCUT2D eigenvalue weighted by Crippen LogP contribution is 2.47. The largest absolute Gasteiger partial charge is 0.412 e. The van der Waals surface area contributed by atoms with Crippen LogP contribution in [-0.2, 0) is 18.1 Å². The van der Waals surface area contributed by atoms with Crippen molar-refractivity contribution in [3.63, 3.8) is 0 Å². The van der Waals surface area contributed by atoms with Gasteiger partial charge in [-0.2, -0.15) is 0 Å². The van der Waals surface area contributed by atoms with Gasteiger partial charge in [0.25, 0.3) is 0 Å². The Morgan fingerprint density at radius 3 is 1.77 bits per heavy atom. The molecule has 0 heterocycles. The molecule has 2 aliphatic carbocycles. The number of fused-ring (bicyclic) bond motifs is 1. The van der Waals surface area contributed by atoms with Crippen LogP contribution in [0.15, 0.2) is 23.3 Å². The minimum absolute atomic E-state index is 0.0974. The van der Waals surface area contributed by atoms with E-state index >= 15 is 0 Å². The second kappa shape index (κ2) is 18.1. The summed E-state index contributed by atoms with van der Waals surface area (Å²) in [7, 11) is -6.38. The van der Waals surface area contributed by atoms with Crippen LogP contribution < -0.4 is 0 Å². The molecule has 0 aromatic heterocycles. The first-order valence-corrected chi connectivity index (χ1v) is 27.1. The van der Waals surface area contributed by atoms with E-state index in [1.54, 1.807) is 0 Å². The molecule has 0 saturated carbocycles. The van der Waals surface area contributed by atoms with Crippen molar-refractivity contribution in [2.24, 2.45) is 23.7 Å². The summed E-state index contributed by atoms with van der Waals surface area (Å²) in [6.45, 7) is 37.2. The van der Waals surface area contributed by atoms with E-state index in [0.29, 0.717) is 35.1 Å². The lowest BCUT2D eigenvalue weighted by molar-refractivity contribution is -0.111. The van der Waals surface area contributed by atoms with E-state index in [0.717, 1.165) is 54.7 Å². The third-order valence-corrected chi connectivity index (χ3v) is 28.6. The van der Waals surface area contributed by atoms with Gasteiger partial charge in [0.05, 0.1) is 12.7 Å². The van der Waals surface area contributed by atoms with E-state index in [1.807, 2.05) is 0 Å². The van der Waals surface area contributed by atoms with Crippen LogP contribution in [0.5, 0.6) is 0 Å². The molecule has 4 nitrogen and oxygen atoms in total. The molecule has 0 aromatic carbocycles. The highest BCUT2D eigenvalue weighted by molar-refractivity contribution is 6.77. The van der Waals surface area contributed by atoms with Gasteiger partial charge in [0.1, 0.15) is 5.60 Å². The van der Waals surface area contributed by atoms with Gasteiger partial charge in [-0.15, -0.1) is 0 Å². The average Bonchev–Trinajstić information content (AvgIpc) is 3.04. The van der Waals surface area contributed by atoms with Gasteiger partial charge in [0.2, 0.25) is 14.1 Å². The van der Waals surface area contributed by atoms with Gasteiger partial charge < -0.3 is 13.3 Å². The first kappa shape index (κ1) is 43.4. The molecule has 48 heavy (non-hydrogen) atoms. The van der Waals surface area contributed by atoms with Crippen LogP contribution in [0.25, 0.3) is 0 Å². The van der Waals surface area contributed by atoms with Crippen molar-refractivity contribution in [2.75, 3.05) is 6.61 Å². The van der Waals surface area contributed by atoms with Crippen molar-refractivity contribution in [2.45, 2.75) is 188 Å². The van der Waals surface area contributed by atoms with Crippen LogP contribution in [-0.4, -0.2) is 49.0 Å². The molecule has 2 aliphatic rings. The number of hydrogen-bond acceptors (Lipinski definition) is 4. The van der Waals surface area contributed by atoms with Crippen molar-refractivity contribution >= 4 is 30.7 Å². The SMILES string of the molecule is CC[Si](CC)(CC)O[C@H]1C[C@H]2C(C)=CC[C@H](C(C)C)[C@H]2/C=C(/CO[Si](C(C)C)(C(C)C)C(C)C)C(=O)C#C[C@]1(C)O[Si](CC)(CC)CC. The summed E-state index contributed by atoms with van der Waals surface area (Å²) >= 11 is 0. The molecule has 0 saturated heterocycles. The van der Waals surface area contributed by atoms with Crippen LogP contribution in [0.2, 0.25) is 52.9 Å². The van der Waals surface area contributed by atoms with Gasteiger partial charge in [0, 0.05) is 5.57 Å². The summed E-state index contributed by atoms with van der Waals surface area (Å²) in [6.07, 6.45) is 6.51. The second-order valence-corrected chi connectivity index (χ2v) is 31.6. The molecule has 0 aromatic rings. The van der Waals surface area contributed by atoms with E-state index in [-0.39, 0.29) is 23.7 Å². The maximum absolute atomic E-state index is 14.5. The number of carbonyl (C=O) groups excluding carboxylic acids is 1. The Labute approximate surface area is 301 Å². The molecule has 0 amide bonds. The highest BCUT2D eigenvalue weighted by atomic mass is 28.4. The zero-order valence-electron chi connectivity index (χ0n) is 34.3. The standard InChI is InChI=1S/C41H76O4Si3/c1-17-46(18-2,19-3)44-40-28-37-34(15)23-24-36(30(7)8)38(37)27-35(29-43-48(31(9)10,32(11)12)33(13)14)39(42)25-26-41(40,16)45-47(20-4,21-5)22-6/h23,27,30-33,36-38,40H,17-22,24,28-29H2,1-16H3/b35-27-/t36-,37+,38-,40+,41+/m1/s1. The van der Waals surface area contributed by atoms with E-state index in [1.165, 1.54) is 5.57 Å². The van der Waals surface area contributed by atoms with Crippen LogP contribution in [0.4, 0.5) is 0 Å². The van der Waals surface area contributed by atoms with Gasteiger partial charge in [-0.25, -0.2) is 0 Å². The van der Waals surface area contributed by atoms with Crippen molar-refractivity contribution in [3.8, 4) is 11.8 Å². The van der Waals surface area contributed by atoms with E-state index in [2.05, 4.69) is 135 Å². The molecule has 0 bridgehead atoms. The second-order valence-electron chi connectivity index (χ2n) is 16.7. The normalized spacial score (nSPS) is 27.1. The fourth-order valence-corrected chi connectivity index (χ4v) is 20.8. The van der Waals surface area contributed by atoms with Crippen LogP contribution in [0, 0.1) is 35.5 Å². The minimum atomic E-state index is -2.20. The summed E-state index contributed by atoms with van der Waals surface area (Å²) in [4.78, 5) is 14.5. The predicted molar refractivity (Wildman–Crippen MR) is 215 cm³/mol. The third kappa shape index (κ3) is 9.36. The van der Waals surface area contributed by atoms with Crippen molar-refractivity contribution in [3.05, 3.63) is 23.3 Å². The van der Waals surface area contributed by atoms with Crippen LogP contribution in [0.3, 0.4) is 0 Å². The zero-order chi connectivity index (χ0) is 36.7. The Morgan fingerprint density at radius 2 is 1.33 bits per heavy atom. The van der Waals surface area contributed by atoms with Gasteiger partial charge in [-0.3, -0.25) is 4.79 Å². The smallest absolute Gasteiger partial charge is 0.233 e. The van der Waals surface area contributed by atoms with Gasteiger partial charge in [-0.05, 0) is 109 Å². The predicted octanol–water partition coefficient (Wildman–Crippen LogP) is 12.1. The topological polar surface area (TPSA) is 44.8 Å². The Hall–Kier alpha value is -0.759. The van der Waals surface area contributed by atoms with Crippen LogP contribution >= 0.6 is 0 Å². The summed E-state index contributed by atoms with van der Waals surface area (Å²) in [5.74, 6) is 8.08. The van der Waals surface area contributed by atoms with Crippen molar-refractivity contribution < 1.29 is 18.1 Å². The molecular formula is C41H76O4Si3. The summed E-state index contributed by atoms with van der Waals surface area (Å²) in [6, 6.07) is 6.31. The maximum Gasteiger partial charge on any atom is 0.233 e. The molecule has 0 radical (unpaired) electrons. The number of rotatable bonds is 17. The first-order chi connectivity index (χ1) is 22.4. The lowest BCUT2D eigenvalue weighted by Gasteiger charge is -2.48. The lowest BCUT2D eigenvalue weighted by Crippen LogP contribution is -2.56. The van der Waals surface area contributed by atoms with E-state index in [9.17, 15) is 4.79 Å². The molecule has 0 aliphatic heterocycles. The molecule has 276 valence electrons. The lowest BCUT2D eigenvalue weighted by atomic mass is 9.65. The molecular weight excluding hydrogens is 641 g/mol. The van der Waals surface area contributed by atoms with Gasteiger partial charge in [0.15, 0.2) is 16.6 Å². The molecule has 7 heteroatoms. The Morgan fingerprint density at radius 1 is 0.833 bits per heavy atom. The molecule has 0 spiro atoms. The van der Waals surface area contributed by atoms with Gasteiger partial charge in [-0.1, -0.05) is 121 Å². The quantitative estimate of drug-likeness (QED) is 0.0650. The van der Waals surface area contributed by atoms with Crippen molar-refractivity contribution in [1.82, 2.24) is 0 Å². The molecule has 5 atom stereocenters. The highest BCUT2D eigenvalue weighted by Gasteiger charge is 2.49. The maximum atomic E-state index is 14.5. The third-order valence-electron chi connectivity index (χ3n) is 13.2.